The number of benzene rings is 1. The number of hydrogen-bond donors (Lipinski definition) is 2. The standard InChI is InChI=1S/C15H22FN3O4/c1-22-10-15(3-5-17-6-4-15)9-18-12-8-14(23-2)13(19(20)21)7-11(12)16/h7-8,17-18H,3-6,9-10H2,1-2H3. The predicted molar refractivity (Wildman–Crippen MR) is 84.5 cm³/mol. The van der Waals surface area contributed by atoms with Crippen LogP contribution in [0.5, 0.6) is 5.75 Å². The third-order valence-corrected chi connectivity index (χ3v) is 4.23. The van der Waals surface area contributed by atoms with E-state index in [-0.39, 0.29) is 22.5 Å². The Morgan fingerprint density at radius 2 is 2.09 bits per heavy atom. The summed E-state index contributed by atoms with van der Waals surface area (Å²) in [6.07, 6.45) is 1.83. The van der Waals surface area contributed by atoms with Gasteiger partial charge in [0.25, 0.3) is 0 Å². The molecule has 0 radical (unpaired) electrons. The molecule has 1 aromatic carbocycles. The van der Waals surface area contributed by atoms with Crippen LogP contribution >= 0.6 is 0 Å². The summed E-state index contributed by atoms with van der Waals surface area (Å²) in [6, 6.07) is 2.21. The van der Waals surface area contributed by atoms with Crippen molar-refractivity contribution in [3.63, 3.8) is 0 Å². The monoisotopic (exact) mass is 327 g/mol. The smallest absolute Gasteiger partial charge is 0.313 e. The number of halogens is 1. The Morgan fingerprint density at radius 3 is 2.65 bits per heavy atom. The van der Waals surface area contributed by atoms with Gasteiger partial charge in [-0.2, -0.15) is 0 Å². The molecule has 1 aliphatic rings. The van der Waals surface area contributed by atoms with Gasteiger partial charge in [0.2, 0.25) is 0 Å². The zero-order chi connectivity index (χ0) is 16.9. The van der Waals surface area contributed by atoms with Crippen molar-refractivity contribution < 1.29 is 18.8 Å². The van der Waals surface area contributed by atoms with Gasteiger partial charge in [0.05, 0.1) is 30.4 Å². The molecule has 8 heteroatoms. The van der Waals surface area contributed by atoms with Gasteiger partial charge in [0.15, 0.2) is 11.6 Å². The Bertz CT molecular complexity index is 556. The van der Waals surface area contributed by atoms with Gasteiger partial charge in [-0.15, -0.1) is 0 Å². The number of ether oxygens (including phenoxy) is 2. The van der Waals surface area contributed by atoms with Crippen molar-refractivity contribution in [2.45, 2.75) is 12.8 Å². The van der Waals surface area contributed by atoms with E-state index in [1.54, 1.807) is 7.11 Å². The number of rotatable bonds is 7. The van der Waals surface area contributed by atoms with Crippen LogP contribution in [0.2, 0.25) is 0 Å². The summed E-state index contributed by atoms with van der Waals surface area (Å²) in [7, 11) is 2.97. The van der Waals surface area contributed by atoms with Crippen LogP contribution < -0.4 is 15.4 Å². The van der Waals surface area contributed by atoms with Gasteiger partial charge in [-0.25, -0.2) is 4.39 Å². The molecule has 0 aromatic heterocycles. The summed E-state index contributed by atoms with van der Waals surface area (Å²) in [6.45, 7) is 2.88. The van der Waals surface area contributed by atoms with Crippen LogP contribution in [0, 0.1) is 21.3 Å². The Kier molecular flexibility index (Phi) is 5.73. The highest BCUT2D eigenvalue weighted by atomic mass is 19.1. The highest BCUT2D eigenvalue weighted by Crippen LogP contribution is 2.34. The van der Waals surface area contributed by atoms with E-state index >= 15 is 0 Å². The van der Waals surface area contributed by atoms with Crippen LogP contribution in [0.1, 0.15) is 12.8 Å². The van der Waals surface area contributed by atoms with E-state index in [1.165, 1.54) is 13.2 Å². The number of nitro benzene ring substituents is 1. The number of anilines is 1. The summed E-state index contributed by atoms with van der Waals surface area (Å²) >= 11 is 0. The lowest BCUT2D eigenvalue weighted by atomic mass is 9.79. The maximum absolute atomic E-state index is 14.1. The zero-order valence-electron chi connectivity index (χ0n) is 13.4. The minimum atomic E-state index is -0.668. The second-order valence-electron chi connectivity index (χ2n) is 5.80. The molecule has 23 heavy (non-hydrogen) atoms. The van der Waals surface area contributed by atoms with Crippen molar-refractivity contribution in [1.82, 2.24) is 5.32 Å². The number of nitro groups is 1. The van der Waals surface area contributed by atoms with Crippen molar-refractivity contribution in [3.8, 4) is 5.75 Å². The van der Waals surface area contributed by atoms with Gasteiger partial charge >= 0.3 is 5.69 Å². The van der Waals surface area contributed by atoms with E-state index in [2.05, 4.69) is 10.6 Å². The molecular weight excluding hydrogens is 305 g/mol. The van der Waals surface area contributed by atoms with Crippen molar-refractivity contribution >= 4 is 11.4 Å². The van der Waals surface area contributed by atoms with Crippen molar-refractivity contribution in [3.05, 3.63) is 28.1 Å². The largest absolute Gasteiger partial charge is 0.490 e. The van der Waals surface area contributed by atoms with Crippen LogP contribution in [-0.2, 0) is 4.74 Å². The third kappa shape index (κ3) is 4.08. The van der Waals surface area contributed by atoms with E-state index < -0.39 is 10.7 Å². The van der Waals surface area contributed by atoms with Crippen LogP contribution in [0.3, 0.4) is 0 Å². The lowest BCUT2D eigenvalue weighted by Crippen LogP contribution is -2.44. The second-order valence-corrected chi connectivity index (χ2v) is 5.80. The van der Waals surface area contributed by atoms with Gasteiger partial charge in [-0.3, -0.25) is 10.1 Å². The van der Waals surface area contributed by atoms with Crippen LogP contribution in [0.25, 0.3) is 0 Å². The number of methoxy groups -OCH3 is 2. The molecule has 7 nitrogen and oxygen atoms in total. The molecule has 0 aliphatic carbocycles. The first-order valence-electron chi connectivity index (χ1n) is 7.47. The van der Waals surface area contributed by atoms with Gasteiger partial charge in [0, 0.05) is 25.1 Å². The van der Waals surface area contributed by atoms with Gasteiger partial charge in [-0.05, 0) is 25.9 Å². The lowest BCUT2D eigenvalue weighted by Gasteiger charge is -2.37. The summed E-state index contributed by atoms with van der Waals surface area (Å²) in [4.78, 5) is 10.2. The molecule has 0 atom stereocenters. The topological polar surface area (TPSA) is 85.7 Å². The third-order valence-electron chi connectivity index (χ3n) is 4.23. The number of nitrogens with zero attached hydrogens (tertiary/aromatic N) is 1. The number of nitrogens with one attached hydrogen (secondary N) is 2. The fraction of sp³-hybridized carbons (Fsp3) is 0.600. The maximum atomic E-state index is 14.1. The Balaban J connectivity index is 2.17. The Morgan fingerprint density at radius 1 is 1.39 bits per heavy atom. The Hall–Kier alpha value is -1.93. The molecule has 2 N–H and O–H groups in total. The predicted octanol–water partition coefficient (Wildman–Crippen LogP) is 2.17. The molecule has 0 amide bonds. The first-order chi connectivity index (χ1) is 11.0. The van der Waals surface area contributed by atoms with E-state index in [9.17, 15) is 14.5 Å². The minimum absolute atomic E-state index is 0.0324. The summed E-state index contributed by atoms with van der Waals surface area (Å²) in [5.74, 6) is -0.635. The molecule has 128 valence electrons. The fourth-order valence-electron chi connectivity index (χ4n) is 2.90. The SMILES string of the molecule is COCC1(CNc2cc(OC)c([N+](=O)[O-])cc2F)CCNCC1. The zero-order valence-corrected chi connectivity index (χ0v) is 13.4. The molecule has 0 bridgehead atoms. The highest BCUT2D eigenvalue weighted by molar-refractivity contribution is 5.59. The van der Waals surface area contributed by atoms with Crippen molar-refractivity contribution in [2.24, 2.45) is 5.41 Å². The van der Waals surface area contributed by atoms with Crippen molar-refractivity contribution in [2.75, 3.05) is 45.8 Å². The number of piperidine rings is 1. The lowest BCUT2D eigenvalue weighted by molar-refractivity contribution is -0.385. The van der Waals surface area contributed by atoms with Gasteiger partial charge in [-0.1, -0.05) is 0 Å². The second kappa shape index (κ2) is 7.56. The summed E-state index contributed by atoms with van der Waals surface area (Å²) < 4.78 is 24.4. The summed E-state index contributed by atoms with van der Waals surface area (Å²) in [5.41, 5.74) is -0.271. The van der Waals surface area contributed by atoms with Crippen LogP contribution in [0.4, 0.5) is 15.8 Å². The molecular formula is C15H22FN3O4. The quantitative estimate of drug-likeness (QED) is 0.590. The fourth-order valence-corrected chi connectivity index (χ4v) is 2.90. The van der Waals surface area contributed by atoms with E-state index in [0.717, 1.165) is 32.0 Å². The normalized spacial score (nSPS) is 16.8. The minimum Gasteiger partial charge on any atom is -0.490 e. The molecule has 0 saturated carbocycles. The van der Waals surface area contributed by atoms with Crippen LogP contribution in [-0.4, -0.2) is 45.4 Å². The highest BCUT2D eigenvalue weighted by Gasteiger charge is 2.32. The molecule has 1 fully saturated rings. The Labute approximate surface area is 134 Å². The van der Waals surface area contributed by atoms with Crippen molar-refractivity contribution in [1.29, 1.82) is 0 Å². The average molecular weight is 327 g/mol. The molecule has 2 rings (SSSR count). The molecule has 1 heterocycles. The molecule has 0 spiro atoms. The van der Waals surface area contributed by atoms with E-state index in [1.807, 2.05) is 0 Å². The molecule has 1 saturated heterocycles. The first kappa shape index (κ1) is 17.4. The van der Waals surface area contributed by atoms with Crippen LogP contribution in [0.15, 0.2) is 12.1 Å². The number of hydrogen-bond acceptors (Lipinski definition) is 6. The van der Waals surface area contributed by atoms with Gasteiger partial charge in [0.1, 0.15) is 0 Å². The average Bonchev–Trinajstić information content (AvgIpc) is 2.54. The molecule has 0 unspecified atom stereocenters. The molecule has 1 aromatic rings. The van der Waals surface area contributed by atoms with Gasteiger partial charge < -0.3 is 20.1 Å². The first-order valence-corrected chi connectivity index (χ1v) is 7.47. The maximum Gasteiger partial charge on any atom is 0.313 e. The summed E-state index contributed by atoms with van der Waals surface area (Å²) in [5, 5.41) is 17.3. The van der Waals surface area contributed by atoms with E-state index in [0.29, 0.717) is 13.2 Å². The van der Waals surface area contributed by atoms with E-state index in [4.69, 9.17) is 9.47 Å². The molecule has 1 aliphatic heterocycles.